The Morgan fingerprint density at radius 2 is 1.85 bits per heavy atom. The van der Waals surface area contributed by atoms with Crippen LogP contribution in [-0.2, 0) is 4.79 Å². The second-order valence-corrected chi connectivity index (χ2v) is 9.82. The van der Waals surface area contributed by atoms with Gasteiger partial charge in [0.1, 0.15) is 12.1 Å². The van der Waals surface area contributed by atoms with Gasteiger partial charge in [0, 0.05) is 29.9 Å². The lowest BCUT2D eigenvalue weighted by Crippen LogP contribution is -2.36. The highest BCUT2D eigenvalue weighted by Gasteiger charge is 2.38. The maximum Gasteiger partial charge on any atom is 0.490 e. The molecule has 0 radical (unpaired) electrons. The van der Waals surface area contributed by atoms with Crippen molar-refractivity contribution in [3.8, 4) is 0 Å². The molecule has 1 aromatic carbocycles. The van der Waals surface area contributed by atoms with E-state index in [1.54, 1.807) is 18.1 Å². The Morgan fingerprint density at radius 1 is 1.18 bits per heavy atom. The predicted octanol–water partition coefficient (Wildman–Crippen LogP) is 5.32. The molecule has 10 heteroatoms. The molecule has 2 aliphatic rings. The van der Waals surface area contributed by atoms with Crippen LogP contribution in [0.15, 0.2) is 29.4 Å². The molecule has 6 nitrogen and oxygen atoms in total. The Bertz CT molecular complexity index is 947. The van der Waals surface area contributed by atoms with E-state index in [-0.39, 0.29) is 0 Å². The summed E-state index contributed by atoms with van der Waals surface area (Å²) in [5, 5.41) is 8.32. The molecule has 0 bridgehead atoms. The summed E-state index contributed by atoms with van der Waals surface area (Å²) in [6.45, 7) is 8.38. The highest BCUT2D eigenvalue weighted by molar-refractivity contribution is 7.98. The van der Waals surface area contributed by atoms with E-state index < -0.39 is 12.1 Å². The highest BCUT2D eigenvalue weighted by atomic mass is 32.2. The number of aromatic nitrogens is 2. The molecule has 1 saturated heterocycles. The van der Waals surface area contributed by atoms with Crippen molar-refractivity contribution in [3.05, 3.63) is 24.5 Å². The zero-order valence-corrected chi connectivity index (χ0v) is 20.5. The molecule has 0 atom stereocenters. The van der Waals surface area contributed by atoms with Crippen LogP contribution >= 0.6 is 11.8 Å². The monoisotopic (exact) mass is 498 g/mol. The molecule has 0 amide bonds. The molecule has 4 rings (SSSR count). The smallest absolute Gasteiger partial charge is 0.475 e. The average Bonchev–Trinajstić information content (AvgIpc) is 3.65. The van der Waals surface area contributed by atoms with Gasteiger partial charge in [0.2, 0.25) is 0 Å². The lowest BCUT2D eigenvalue weighted by molar-refractivity contribution is -0.192. The van der Waals surface area contributed by atoms with Crippen LogP contribution in [0.25, 0.3) is 10.9 Å². The number of rotatable bonds is 8. The normalized spacial score (nSPS) is 17.1. The van der Waals surface area contributed by atoms with Crippen LogP contribution in [-0.4, -0.2) is 71.1 Å². The zero-order valence-electron chi connectivity index (χ0n) is 19.7. The molecular formula is C24H33F3N4O2S. The van der Waals surface area contributed by atoms with Crippen LogP contribution in [0.3, 0.4) is 0 Å². The summed E-state index contributed by atoms with van der Waals surface area (Å²) in [5.74, 6) is 0.235. The summed E-state index contributed by atoms with van der Waals surface area (Å²) in [5.41, 5.74) is 1.05. The number of piperidine rings is 1. The van der Waals surface area contributed by atoms with Crippen molar-refractivity contribution < 1.29 is 23.1 Å². The molecule has 34 heavy (non-hydrogen) atoms. The summed E-state index contributed by atoms with van der Waals surface area (Å²) in [7, 11) is 0. The number of carboxylic acid groups (broad SMARTS) is 1. The minimum absolute atomic E-state index is 0.865. The number of carboxylic acids is 1. The molecule has 1 N–H and O–H groups in total. The second kappa shape index (κ2) is 12.1. The fraction of sp³-hybridized carbons (Fsp3) is 0.625. The summed E-state index contributed by atoms with van der Waals surface area (Å²) < 4.78 is 31.7. The number of fused-ring (bicyclic) bond motifs is 1. The quantitative estimate of drug-likeness (QED) is 0.494. The third kappa shape index (κ3) is 7.73. The van der Waals surface area contributed by atoms with E-state index in [0.717, 1.165) is 36.3 Å². The molecule has 0 spiro atoms. The number of alkyl halides is 3. The molecular weight excluding hydrogens is 465 g/mol. The molecule has 2 fully saturated rings. The standard InChI is InChI=1S/C22H32N4S.C2HF3O2/c1-3-25(15-18-4-5-18)11-8-17-9-12-26(13-10-17)22-20-14-19(27-2)6-7-21(20)23-16-24-22;3-2(4,5)1(6)7/h6-7,14,16-18H,3-5,8-13,15H2,1-2H3;(H,6,7). The number of nitrogens with zero attached hydrogens (tertiary/aromatic N) is 4. The number of halogens is 3. The second-order valence-electron chi connectivity index (χ2n) is 8.94. The summed E-state index contributed by atoms with van der Waals surface area (Å²) >= 11 is 1.78. The molecule has 1 saturated carbocycles. The first-order chi connectivity index (χ1) is 16.2. The van der Waals surface area contributed by atoms with Crippen molar-refractivity contribution in [1.82, 2.24) is 14.9 Å². The van der Waals surface area contributed by atoms with Gasteiger partial charge in [0.05, 0.1) is 5.52 Å². The predicted molar refractivity (Wildman–Crippen MR) is 129 cm³/mol. The summed E-state index contributed by atoms with van der Waals surface area (Å²) in [4.78, 5) is 24.4. The van der Waals surface area contributed by atoms with Crippen molar-refractivity contribution in [2.24, 2.45) is 11.8 Å². The van der Waals surface area contributed by atoms with E-state index in [9.17, 15) is 13.2 Å². The van der Waals surface area contributed by atoms with Crippen LogP contribution in [0.2, 0.25) is 0 Å². The lowest BCUT2D eigenvalue weighted by Gasteiger charge is -2.34. The fourth-order valence-electron chi connectivity index (χ4n) is 4.24. The Kier molecular flexibility index (Phi) is 9.41. The number of hydrogen-bond acceptors (Lipinski definition) is 6. The molecule has 1 aliphatic carbocycles. The Morgan fingerprint density at radius 3 is 2.41 bits per heavy atom. The number of hydrogen-bond donors (Lipinski definition) is 1. The van der Waals surface area contributed by atoms with Gasteiger partial charge in [-0.05, 0) is 81.5 Å². The Labute approximate surface area is 202 Å². The van der Waals surface area contributed by atoms with Crippen LogP contribution in [0, 0.1) is 11.8 Å². The number of carbonyl (C=O) groups is 1. The van der Waals surface area contributed by atoms with Gasteiger partial charge in [-0.15, -0.1) is 11.8 Å². The summed E-state index contributed by atoms with van der Waals surface area (Å²) in [6.07, 6.45) is 5.61. The van der Waals surface area contributed by atoms with Gasteiger partial charge in [-0.3, -0.25) is 0 Å². The topological polar surface area (TPSA) is 69.6 Å². The number of benzene rings is 1. The first kappa shape index (κ1) is 26.5. The first-order valence-corrected chi connectivity index (χ1v) is 13.0. The maximum absolute atomic E-state index is 10.6. The van der Waals surface area contributed by atoms with Crippen molar-refractivity contribution >= 4 is 34.5 Å². The van der Waals surface area contributed by atoms with Crippen LogP contribution in [0.1, 0.15) is 39.0 Å². The molecule has 2 heterocycles. The number of aliphatic carboxylic acids is 1. The zero-order chi connectivity index (χ0) is 24.7. The van der Waals surface area contributed by atoms with Crippen molar-refractivity contribution in [2.75, 3.05) is 43.9 Å². The molecule has 188 valence electrons. The number of anilines is 1. The van der Waals surface area contributed by atoms with E-state index in [1.807, 2.05) is 0 Å². The maximum atomic E-state index is 10.6. The highest BCUT2D eigenvalue weighted by Crippen LogP contribution is 2.32. The van der Waals surface area contributed by atoms with Crippen molar-refractivity contribution in [2.45, 2.75) is 50.1 Å². The van der Waals surface area contributed by atoms with Crippen LogP contribution < -0.4 is 4.90 Å². The van der Waals surface area contributed by atoms with E-state index in [0.29, 0.717) is 0 Å². The van der Waals surface area contributed by atoms with E-state index in [1.165, 1.54) is 62.0 Å². The van der Waals surface area contributed by atoms with Crippen LogP contribution in [0.5, 0.6) is 0 Å². The van der Waals surface area contributed by atoms with Gasteiger partial charge >= 0.3 is 12.1 Å². The largest absolute Gasteiger partial charge is 0.490 e. The molecule has 2 aromatic rings. The summed E-state index contributed by atoms with van der Waals surface area (Å²) in [6, 6.07) is 6.52. The minimum Gasteiger partial charge on any atom is -0.475 e. The van der Waals surface area contributed by atoms with Gasteiger partial charge in [-0.25, -0.2) is 14.8 Å². The lowest BCUT2D eigenvalue weighted by atomic mass is 9.93. The van der Waals surface area contributed by atoms with Crippen LogP contribution in [0.4, 0.5) is 19.0 Å². The average molecular weight is 499 g/mol. The first-order valence-electron chi connectivity index (χ1n) is 11.8. The van der Waals surface area contributed by atoms with E-state index in [2.05, 4.69) is 51.1 Å². The fourth-order valence-corrected chi connectivity index (χ4v) is 4.68. The SMILES string of the molecule is CCN(CCC1CCN(c2ncnc3ccc(SC)cc23)CC1)CC1CC1.O=C(O)C(F)(F)F. The van der Waals surface area contributed by atoms with Gasteiger partial charge in [-0.1, -0.05) is 6.92 Å². The Balaban J connectivity index is 0.000000406. The van der Waals surface area contributed by atoms with E-state index >= 15 is 0 Å². The molecule has 1 aromatic heterocycles. The minimum atomic E-state index is -5.08. The third-order valence-electron chi connectivity index (χ3n) is 6.49. The van der Waals surface area contributed by atoms with E-state index in [4.69, 9.17) is 9.90 Å². The number of thioether (sulfide) groups is 1. The van der Waals surface area contributed by atoms with Gasteiger partial charge in [0.25, 0.3) is 0 Å². The third-order valence-corrected chi connectivity index (χ3v) is 7.22. The van der Waals surface area contributed by atoms with Gasteiger partial charge in [0.15, 0.2) is 0 Å². The Hall–Kier alpha value is -2.07. The van der Waals surface area contributed by atoms with Crippen molar-refractivity contribution in [3.63, 3.8) is 0 Å². The van der Waals surface area contributed by atoms with Crippen molar-refractivity contribution in [1.29, 1.82) is 0 Å². The molecule has 1 aliphatic heterocycles. The van der Waals surface area contributed by atoms with Gasteiger partial charge < -0.3 is 14.9 Å². The molecule has 0 unspecified atom stereocenters. The van der Waals surface area contributed by atoms with Gasteiger partial charge in [-0.2, -0.15) is 13.2 Å².